The Bertz CT molecular complexity index is 676. The normalized spacial score (nSPS) is 14.7. The molecule has 0 N–H and O–H groups in total. The topological polar surface area (TPSA) is 44.9 Å². The summed E-state index contributed by atoms with van der Waals surface area (Å²) < 4.78 is 2.09. The number of fused-ring (bicyclic) bond motifs is 1. The van der Waals surface area contributed by atoms with E-state index >= 15 is 0 Å². The Morgan fingerprint density at radius 1 is 1.29 bits per heavy atom. The summed E-state index contributed by atoms with van der Waals surface area (Å²) in [6.45, 7) is 4.23. The molecule has 0 saturated carbocycles. The zero-order valence-corrected chi connectivity index (χ0v) is 12.6. The van der Waals surface area contributed by atoms with E-state index in [0.29, 0.717) is 6.42 Å². The SMILES string of the molecule is CCc1nn(-c2ccc(CC#N)cc2)c2c1CN(C)CC2. The van der Waals surface area contributed by atoms with E-state index in [2.05, 4.69) is 41.8 Å². The van der Waals surface area contributed by atoms with E-state index in [-0.39, 0.29) is 0 Å². The number of nitrogens with zero attached hydrogens (tertiary/aromatic N) is 4. The third-order valence-electron chi connectivity index (χ3n) is 4.13. The number of aromatic nitrogens is 2. The van der Waals surface area contributed by atoms with Crippen LogP contribution in [0.1, 0.15) is 29.4 Å². The Kier molecular flexibility index (Phi) is 3.76. The highest BCUT2D eigenvalue weighted by atomic mass is 15.3. The van der Waals surface area contributed by atoms with Gasteiger partial charge in [-0.05, 0) is 31.2 Å². The fourth-order valence-corrected chi connectivity index (χ4v) is 2.96. The molecule has 0 saturated heterocycles. The maximum absolute atomic E-state index is 8.75. The van der Waals surface area contributed by atoms with Gasteiger partial charge in [0, 0.05) is 25.1 Å². The Morgan fingerprint density at radius 2 is 2.05 bits per heavy atom. The molecule has 0 bridgehead atoms. The van der Waals surface area contributed by atoms with Crippen molar-refractivity contribution in [3.05, 3.63) is 46.8 Å². The monoisotopic (exact) mass is 280 g/mol. The fraction of sp³-hybridized carbons (Fsp3) is 0.412. The van der Waals surface area contributed by atoms with Crippen molar-refractivity contribution < 1.29 is 0 Å². The van der Waals surface area contributed by atoms with Gasteiger partial charge < -0.3 is 4.90 Å². The van der Waals surface area contributed by atoms with Gasteiger partial charge in [-0.3, -0.25) is 0 Å². The lowest BCUT2D eigenvalue weighted by molar-refractivity contribution is 0.309. The minimum absolute atomic E-state index is 0.461. The maximum atomic E-state index is 8.75. The van der Waals surface area contributed by atoms with Crippen molar-refractivity contribution in [2.75, 3.05) is 13.6 Å². The first-order valence-electron chi connectivity index (χ1n) is 7.47. The lowest BCUT2D eigenvalue weighted by atomic mass is 10.0. The summed E-state index contributed by atoms with van der Waals surface area (Å²) >= 11 is 0. The molecule has 0 unspecified atom stereocenters. The Hall–Kier alpha value is -2.12. The van der Waals surface area contributed by atoms with Crippen LogP contribution in [-0.2, 0) is 25.8 Å². The predicted octanol–water partition coefficient (Wildman–Crippen LogP) is 2.49. The number of aryl methyl sites for hydroxylation is 1. The van der Waals surface area contributed by atoms with Gasteiger partial charge in [0.1, 0.15) is 0 Å². The third kappa shape index (κ3) is 2.57. The molecular weight excluding hydrogens is 260 g/mol. The summed E-state index contributed by atoms with van der Waals surface area (Å²) in [5, 5.41) is 13.6. The van der Waals surface area contributed by atoms with Crippen LogP contribution in [0.3, 0.4) is 0 Å². The lowest BCUT2D eigenvalue weighted by Gasteiger charge is -2.23. The van der Waals surface area contributed by atoms with Crippen molar-refractivity contribution in [3.63, 3.8) is 0 Å². The first-order chi connectivity index (χ1) is 10.2. The summed E-state index contributed by atoms with van der Waals surface area (Å²) in [6.07, 6.45) is 2.47. The fourth-order valence-electron chi connectivity index (χ4n) is 2.96. The van der Waals surface area contributed by atoms with Gasteiger partial charge in [0.25, 0.3) is 0 Å². The van der Waals surface area contributed by atoms with Crippen molar-refractivity contribution in [2.45, 2.75) is 32.7 Å². The van der Waals surface area contributed by atoms with Gasteiger partial charge in [-0.25, -0.2) is 4.68 Å². The van der Waals surface area contributed by atoms with E-state index in [4.69, 9.17) is 10.4 Å². The van der Waals surface area contributed by atoms with E-state index in [1.165, 1.54) is 17.0 Å². The number of nitriles is 1. The molecule has 0 radical (unpaired) electrons. The van der Waals surface area contributed by atoms with E-state index in [1.54, 1.807) is 0 Å². The number of rotatable bonds is 3. The molecule has 1 aliphatic rings. The van der Waals surface area contributed by atoms with Crippen molar-refractivity contribution in [3.8, 4) is 11.8 Å². The molecule has 2 aromatic rings. The molecular formula is C17H20N4. The molecule has 0 aliphatic carbocycles. The number of benzene rings is 1. The minimum Gasteiger partial charge on any atom is -0.302 e. The standard InChI is InChI=1S/C17H20N4/c1-3-16-15-12-20(2)11-9-17(15)21(19-16)14-6-4-13(5-7-14)8-10-18/h4-7H,3,8-9,11-12H2,1-2H3. The second-order valence-corrected chi connectivity index (χ2v) is 5.63. The van der Waals surface area contributed by atoms with Crippen LogP contribution in [0.2, 0.25) is 0 Å². The van der Waals surface area contributed by atoms with E-state index < -0.39 is 0 Å². The van der Waals surface area contributed by atoms with Crippen LogP contribution in [-0.4, -0.2) is 28.3 Å². The molecule has 1 aromatic carbocycles. The van der Waals surface area contributed by atoms with Crippen LogP contribution in [0, 0.1) is 11.3 Å². The minimum atomic E-state index is 0.461. The largest absolute Gasteiger partial charge is 0.302 e. The molecule has 108 valence electrons. The van der Waals surface area contributed by atoms with Gasteiger partial charge >= 0.3 is 0 Å². The zero-order chi connectivity index (χ0) is 14.8. The number of hydrogen-bond acceptors (Lipinski definition) is 3. The molecule has 4 nitrogen and oxygen atoms in total. The summed E-state index contributed by atoms with van der Waals surface area (Å²) in [6, 6.07) is 10.4. The van der Waals surface area contributed by atoms with Gasteiger partial charge in [-0.1, -0.05) is 19.1 Å². The quantitative estimate of drug-likeness (QED) is 0.867. The molecule has 2 heterocycles. The van der Waals surface area contributed by atoms with Gasteiger partial charge in [-0.2, -0.15) is 10.4 Å². The Balaban J connectivity index is 2.01. The molecule has 1 aromatic heterocycles. The van der Waals surface area contributed by atoms with E-state index in [1.807, 2.05) is 12.1 Å². The Morgan fingerprint density at radius 3 is 2.71 bits per heavy atom. The van der Waals surface area contributed by atoms with Gasteiger partial charge in [0.05, 0.1) is 29.6 Å². The molecule has 1 aliphatic heterocycles. The first kappa shape index (κ1) is 13.8. The third-order valence-corrected chi connectivity index (χ3v) is 4.13. The molecule has 21 heavy (non-hydrogen) atoms. The smallest absolute Gasteiger partial charge is 0.0674 e. The summed E-state index contributed by atoms with van der Waals surface area (Å²) in [5.74, 6) is 0. The molecule has 0 fully saturated rings. The average Bonchev–Trinajstić information content (AvgIpc) is 2.86. The predicted molar refractivity (Wildman–Crippen MR) is 82.3 cm³/mol. The van der Waals surface area contributed by atoms with Crippen LogP contribution >= 0.6 is 0 Å². The van der Waals surface area contributed by atoms with Crippen molar-refractivity contribution in [1.29, 1.82) is 5.26 Å². The Labute approximate surface area is 125 Å². The number of likely N-dealkylation sites (N-methyl/N-ethyl adjacent to an activating group) is 1. The molecule has 0 spiro atoms. The summed E-state index contributed by atoms with van der Waals surface area (Å²) in [7, 11) is 2.16. The van der Waals surface area contributed by atoms with Crippen molar-refractivity contribution in [2.24, 2.45) is 0 Å². The molecule has 4 heteroatoms. The second-order valence-electron chi connectivity index (χ2n) is 5.63. The molecule has 0 atom stereocenters. The van der Waals surface area contributed by atoms with Crippen LogP contribution in [0.5, 0.6) is 0 Å². The van der Waals surface area contributed by atoms with Crippen LogP contribution in [0.15, 0.2) is 24.3 Å². The summed E-state index contributed by atoms with van der Waals surface area (Å²) in [4.78, 5) is 2.35. The maximum Gasteiger partial charge on any atom is 0.0674 e. The van der Waals surface area contributed by atoms with Gasteiger partial charge in [0.15, 0.2) is 0 Å². The van der Waals surface area contributed by atoms with Gasteiger partial charge in [-0.15, -0.1) is 0 Å². The van der Waals surface area contributed by atoms with Gasteiger partial charge in [0.2, 0.25) is 0 Å². The van der Waals surface area contributed by atoms with Crippen LogP contribution in [0.25, 0.3) is 5.69 Å². The van der Waals surface area contributed by atoms with Crippen LogP contribution < -0.4 is 0 Å². The zero-order valence-electron chi connectivity index (χ0n) is 12.6. The van der Waals surface area contributed by atoms with E-state index in [9.17, 15) is 0 Å². The van der Waals surface area contributed by atoms with Crippen molar-refractivity contribution >= 4 is 0 Å². The van der Waals surface area contributed by atoms with Crippen molar-refractivity contribution in [1.82, 2.24) is 14.7 Å². The first-order valence-corrected chi connectivity index (χ1v) is 7.47. The molecule has 3 rings (SSSR count). The summed E-state index contributed by atoms with van der Waals surface area (Å²) in [5.41, 5.74) is 6.10. The highest BCUT2D eigenvalue weighted by molar-refractivity contribution is 5.40. The molecule has 0 amide bonds. The number of hydrogen-bond donors (Lipinski definition) is 0. The van der Waals surface area contributed by atoms with Crippen LogP contribution in [0.4, 0.5) is 0 Å². The van der Waals surface area contributed by atoms with E-state index in [0.717, 1.165) is 37.2 Å². The second kappa shape index (κ2) is 5.71. The highest BCUT2D eigenvalue weighted by Crippen LogP contribution is 2.25. The lowest BCUT2D eigenvalue weighted by Crippen LogP contribution is -2.27. The average molecular weight is 280 g/mol. The highest BCUT2D eigenvalue weighted by Gasteiger charge is 2.22.